The topological polar surface area (TPSA) is 100 Å². The zero-order valence-corrected chi connectivity index (χ0v) is 18.9. The van der Waals surface area contributed by atoms with Gasteiger partial charge < -0.3 is 4.74 Å². The molecular formula is C15H29F3NO7PS. The second kappa shape index (κ2) is 9.88. The highest BCUT2D eigenvalue weighted by molar-refractivity contribution is 7.93. The molecule has 13 heteroatoms. The van der Waals surface area contributed by atoms with E-state index in [4.69, 9.17) is 13.6 Å². The molecule has 0 aliphatic heterocycles. The van der Waals surface area contributed by atoms with Crippen molar-refractivity contribution >= 4 is 23.5 Å². The highest BCUT2D eigenvalue weighted by Crippen LogP contribution is 2.60. The van der Waals surface area contributed by atoms with Gasteiger partial charge in [-0.1, -0.05) is 6.92 Å². The Labute approximate surface area is 164 Å². The highest BCUT2D eigenvalue weighted by atomic mass is 32.2. The zero-order chi connectivity index (χ0) is 22.6. The van der Waals surface area contributed by atoms with E-state index in [1.807, 2.05) is 0 Å². The molecule has 0 saturated carbocycles. The number of carbonyl (C=O) groups is 1. The van der Waals surface area contributed by atoms with Crippen molar-refractivity contribution in [2.24, 2.45) is 4.74 Å². The van der Waals surface area contributed by atoms with Crippen molar-refractivity contribution in [2.75, 3.05) is 12.9 Å². The van der Waals surface area contributed by atoms with Crippen LogP contribution in [0.5, 0.6) is 0 Å². The van der Waals surface area contributed by atoms with Crippen molar-refractivity contribution in [3.8, 4) is 0 Å². The van der Waals surface area contributed by atoms with Gasteiger partial charge in [0.1, 0.15) is 0 Å². The molecule has 0 aromatic carbocycles. The minimum atomic E-state index is -5.65. The monoisotopic (exact) mass is 455 g/mol. The fraction of sp³-hybridized carbons (Fsp3) is 0.933. The molecule has 0 aromatic rings. The van der Waals surface area contributed by atoms with Crippen LogP contribution in [0.25, 0.3) is 0 Å². The van der Waals surface area contributed by atoms with Gasteiger partial charge in [-0.25, -0.2) is 13.2 Å². The second-order valence-electron chi connectivity index (χ2n) is 6.57. The van der Waals surface area contributed by atoms with Gasteiger partial charge in [0.25, 0.3) is 0 Å². The number of halogens is 3. The molecule has 0 spiro atoms. The average molecular weight is 455 g/mol. The van der Waals surface area contributed by atoms with Crippen LogP contribution in [0.15, 0.2) is 4.74 Å². The largest absolute Gasteiger partial charge is 0.466 e. The van der Waals surface area contributed by atoms with Crippen molar-refractivity contribution in [3.05, 3.63) is 0 Å². The van der Waals surface area contributed by atoms with Gasteiger partial charge in [-0.3, -0.25) is 13.6 Å². The lowest BCUT2D eigenvalue weighted by Crippen LogP contribution is -2.57. The Hall–Kier alpha value is -0.680. The molecule has 0 bridgehead atoms. The Kier molecular flexibility index (Phi) is 9.64. The molecule has 0 aromatic heterocycles. The van der Waals surface area contributed by atoms with Crippen LogP contribution in [0.1, 0.15) is 48.5 Å². The third-order valence-electron chi connectivity index (χ3n) is 2.97. The Morgan fingerprint density at radius 2 is 1.32 bits per heavy atom. The van der Waals surface area contributed by atoms with Crippen molar-refractivity contribution in [2.45, 2.75) is 77.8 Å². The smallest absolute Gasteiger partial charge is 0.439 e. The van der Waals surface area contributed by atoms with E-state index in [1.54, 1.807) is 0 Å². The predicted molar refractivity (Wildman–Crippen MR) is 98.3 cm³/mol. The third-order valence-corrected chi connectivity index (χ3v) is 7.87. The average Bonchev–Trinajstić information content (AvgIpc) is 2.48. The van der Waals surface area contributed by atoms with Crippen LogP contribution in [0.4, 0.5) is 13.2 Å². The summed E-state index contributed by atoms with van der Waals surface area (Å²) in [7, 11) is -8.91. The molecule has 1 unspecified atom stereocenters. The number of hydrogen-bond acceptors (Lipinski definition) is 8. The number of methoxy groups -OCH3 is 1. The predicted octanol–water partition coefficient (Wildman–Crippen LogP) is 4.07. The Bertz CT molecular complexity index is 659. The van der Waals surface area contributed by atoms with Gasteiger partial charge in [0, 0.05) is 0 Å². The van der Waals surface area contributed by atoms with E-state index < -0.39 is 58.7 Å². The molecule has 0 aliphatic rings. The first-order chi connectivity index (χ1) is 12.5. The fourth-order valence-corrected chi connectivity index (χ4v) is 6.38. The number of ether oxygens (including phenoxy) is 1. The lowest BCUT2D eigenvalue weighted by molar-refractivity contribution is -0.185. The minimum absolute atomic E-state index is 0.638. The summed E-state index contributed by atoms with van der Waals surface area (Å²) in [6.45, 7) is 9.88. The van der Waals surface area contributed by atoms with Crippen molar-refractivity contribution < 1.29 is 44.7 Å². The van der Waals surface area contributed by atoms with Crippen LogP contribution >= 0.6 is 7.74 Å². The van der Waals surface area contributed by atoms with E-state index in [2.05, 4.69) is 9.48 Å². The van der Waals surface area contributed by atoms with Crippen molar-refractivity contribution in [3.63, 3.8) is 0 Å². The SMILES string of the molecule is CCS(=O)(=O)C(N=P(OC(C)C)(OC(C)C)OC(C)C)(C(=O)OC)C(F)(F)F. The third kappa shape index (κ3) is 6.16. The summed E-state index contributed by atoms with van der Waals surface area (Å²) >= 11 is 0. The summed E-state index contributed by atoms with van der Waals surface area (Å²) in [5.41, 5.74) is 0. The molecule has 0 rings (SSSR count). The number of hydrogen-bond donors (Lipinski definition) is 0. The fourth-order valence-electron chi connectivity index (χ4n) is 2.04. The Morgan fingerprint density at radius 3 is 1.54 bits per heavy atom. The summed E-state index contributed by atoms with van der Waals surface area (Å²) in [5.74, 6) is -3.14. The molecule has 0 fully saturated rings. The molecule has 0 aliphatic carbocycles. The maximum absolute atomic E-state index is 14.1. The van der Waals surface area contributed by atoms with E-state index in [-0.39, 0.29) is 0 Å². The molecule has 1 atom stereocenters. The van der Waals surface area contributed by atoms with Crippen LogP contribution in [-0.4, -0.2) is 56.6 Å². The molecule has 28 heavy (non-hydrogen) atoms. The summed E-state index contributed by atoms with van der Waals surface area (Å²) in [4.78, 5) is 8.00. The summed E-state index contributed by atoms with van der Waals surface area (Å²) in [5, 5.41) is 0. The standard InChI is InChI=1S/C15H29F3NO7PS/c1-9-28(21,22)14(13(20)23-8,15(16,17)18)19-27(24-10(2)3,25-11(4)5)26-12(6)7/h10-12H,9H2,1-8H3. The van der Waals surface area contributed by atoms with Crippen LogP contribution in [-0.2, 0) is 32.9 Å². The lowest BCUT2D eigenvalue weighted by Gasteiger charge is -2.34. The van der Waals surface area contributed by atoms with E-state index in [9.17, 15) is 26.4 Å². The summed E-state index contributed by atoms with van der Waals surface area (Å²) in [6, 6.07) is 0. The number of alkyl halides is 3. The van der Waals surface area contributed by atoms with E-state index in [1.165, 1.54) is 41.5 Å². The van der Waals surface area contributed by atoms with Gasteiger partial charge in [0.15, 0.2) is 9.84 Å². The maximum Gasteiger partial charge on any atom is 0.439 e. The van der Waals surface area contributed by atoms with Crippen LogP contribution in [0.2, 0.25) is 0 Å². The van der Waals surface area contributed by atoms with Crippen LogP contribution in [0.3, 0.4) is 0 Å². The first-order valence-electron chi connectivity index (χ1n) is 8.56. The number of sulfone groups is 1. The van der Waals surface area contributed by atoms with Gasteiger partial charge >= 0.3 is 24.8 Å². The van der Waals surface area contributed by atoms with Gasteiger partial charge in [-0.2, -0.15) is 17.9 Å². The van der Waals surface area contributed by atoms with Crippen molar-refractivity contribution in [1.82, 2.24) is 0 Å². The molecule has 0 amide bonds. The normalized spacial score (nSPS) is 15.8. The summed E-state index contributed by atoms with van der Waals surface area (Å²) < 4.78 is 91.5. The van der Waals surface area contributed by atoms with Gasteiger partial charge in [-0.05, 0) is 41.5 Å². The maximum atomic E-state index is 14.1. The number of nitrogens with zero attached hydrogens (tertiary/aromatic N) is 1. The van der Waals surface area contributed by atoms with Gasteiger partial charge in [0.2, 0.25) is 0 Å². The first-order valence-corrected chi connectivity index (χ1v) is 11.7. The molecule has 0 heterocycles. The lowest BCUT2D eigenvalue weighted by atomic mass is 10.3. The molecule has 8 nitrogen and oxygen atoms in total. The Balaban J connectivity index is 7.43. The number of carbonyl (C=O) groups excluding carboxylic acids is 1. The van der Waals surface area contributed by atoms with Crippen LogP contribution in [0, 0.1) is 0 Å². The van der Waals surface area contributed by atoms with E-state index >= 15 is 0 Å². The van der Waals surface area contributed by atoms with Gasteiger partial charge in [0.05, 0.1) is 31.2 Å². The zero-order valence-electron chi connectivity index (χ0n) is 17.2. The molecule has 0 N–H and O–H groups in total. The van der Waals surface area contributed by atoms with Gasteiger partial charge in [-0.15, -0.1) is 0 Å². The molecule has 0 saturated heterocycles. The second-order valence-corrected chi connectivity index (χ2v) is 10.7. The molecule has 0 radical (unpaired) electrons. The van der Waals surface area contributed by atoms with E-state index in [0.29, 0.717) is 7.11 Å². The van der Waals surface area contributed by atoms with Crippen molar-refractivity contribution in [1.29, 1.82) is 0 Å². The number of esters is 1. The van der Waals surface area contributed by atoms with Crippen LogP contribution < -0.4 is 0 Å². The number of rotatable bonds is 10. The Morgan fingerprint density at radius 1 is 0.964 bits per heavy atom. The minimum Gasteiger partial charge on any atom is -0.466 e. The molecule has 168 valence electrons. The quantitative estimate of drug-likeness (QED) is 0.361. The molecular weight excluding hydrogens is 426 g/mol. The summed E-state index contributed by atoms with van der Waals surface area (Å²) in [6.07, 6.45) is -7.89. The highest BCUT2D eigenvalue weighted by Gasteiger charge is 2.72. The first kappa shape index (κ1) is 27.3. The van der Waals surface area contributed by atoms with E-state index in [0.717, 1.165) is 6.92 Å².